The van der Waals surface area contributed by atoms with Crippen LogP contribution in [0.1, 0.15) is 17.5 Å². The third-order valence-electron chi connectivity index (χ3n) is 3.26. The highest BCUT2D eigenvalue weighted by Crippen LogP contribution is 2.52. The van der Waals surface area contributed by atoms with Crippen LogP contribution < -0.4 is 0 Å². The van der Waals surface area contributed by atoms with Gasteiger partial charge in [0.15, 0.2) is 0 Å². The maximum Gasteiger partial charge on any atom is 0.142 e. The Morgan fingerprint density at radius 1 is 1.20 bits per heavy atom. The van der Waals surface area contributed by atoms with E-state index in [1.807, 2.05) is 6.07 Å². The van der Waals surface area contributed by atoms with Crippen LogP contribution >= 0.6 is 90.4 Å². The zero-order chi connectivity index (χ0) is 14.6. The van der Waals surface area contributed by atoms with Gasteiger partial charge in [-0.25, -0.2) is 0 Å². The fourth-order valence-corrected chi connectivity index (χ4v) is 6.79. The predicted octanol–water partition coefficient (Wildman–Crippen LogP) is 5.76. The molecule has 2 nitrogen and oxygen atoms in total. The van der Waals surface area contributed by atoms with E-state index < -0.39 is 0 Å². The second kappa shape index (κ2) is 5.69. The number of fused-ring (bicyclic) bond motifs is 3. The Morgan fingerprint density at radius 3 is 2.55 bits per heavy atom. The SMILES string of the molecule is N#CC1=C2C=C(I)CC(I)=C2c2c1cc(I)c(O)c2I. The van der Waals surface area contributed by atoms with Crippen LogP contribution in [0.15, 0.2) is 24.9 Å². The molecule has 1 aromatic rings. The standard InChI is InChI=1S/C14H5I4NO/c15-5-1-6-8(4-19)7-3-10(17)14(20)13(18)12(7)11(6)9(16)2-5/h1,3,20H,2H2. The maximum atomic E-state index is 10.2. The normalized spacial score (nSPS) is 16.9. The lowest BCUT2D eigenvalue weighted by atomic mass is 9.97. The zero-order valence-electron chi connectivity index (χ0n) is 9.77. The first-order valence-corrected chi connectivity index (χ1v) is 9.88. The molecule has 0 heterocycles. The van der Waals surface area contributed by atoms with Crippen LogP contribution in [-0.4, -0.2) is 5.11 Å². The molecule has 0 unspecified atom stereocenters. The second-order valence-electron chi connectivity index (χ2n) is 4.39. The molecule has 0 fully saturated rings. The van der Waals surface area contributed by atoms with Crippen molar-refractivity contribution < 1.29 is 5.11 Å². The zero-order valence-corrected chi connectivity index (χ0v) is 18.4. The molecule has 100 valence electrons. The Morgan fingerprint density at radius 2 is 1.90 bits per heavy atom. The van der Waals surface area contributed by atoms with Gasteiger partial charge in [-0.2, -0.15) is 5.26 Å². The highest BCUT2D eigenvalue weighted by atomic mass is 127. The third-order valence-corrected chi connectivity index (χ3v) is 6.75. The van der Waals surface area contributed by atoms with Gasteiger partial charge in [0, 0.05) is 32.3 Å². The number of nitriles is 1. The smallest absolute Gasteiger partial charge is 0.142 e. The fourth-order valence-electron chi connectivity index (χ4n) is 2.45. The topological polar surface area (TPSA) is 44.0 Å². The molecule has 2 aliphatic carbocycles. The van der Waals surface area contributed by atoms with E-state index in [2.05, 4.69) is 103 Å². The highest BCUT2D eigenvalue weighted by molar-refractivity contribution is 14.1. The molecule has 0 amide bonds. The summed E-state index contributed by atoms with van der Waals surface area (Å²) < 4.78 is 4.09. The molecule has 1 aromatic carbocycles. The molecule has 0 spiro atoms. The molecule has 6 heteroatoms. The van der Waals surface area contributed by atoms with E-state index in [0.717, 1.165) is 35.8 Å². The molecule has 0 aromatic heterocycles. The number of nitrogens with zero attached hydrogens (tertiary/aromatic N) is 1. The Kier molecular flexibility index (Phi) is 4.42. The highest BCUT2D eigenvalue weighted by Gasteiger charge is 2.33. The number of hydrogen-bond donors (Lipinski definition) is 1. The van der Waals surface area contributed by atoms with Crippen molar-refractivity contribution in [3.05, 3.63) is 43.1 Å². The van der Waals surface area contributed by atoms with Gasteiger partial charge in [0.1, 0.15) is 11.8 Å². The van der Waals surface area contributed by atoms with Crippen molar-refractivity contribution >= 4 is 102 Å². The van der Waals surface area contributed by atoms with Crippen LogP contribution in [0.4, 0.5) is 0 Å². The molecule has 1 N–H and O–H groups in total. The maximum absolute atomic E-state index is 10.2. The number of benzene rings is 1. The lowest BCUT2D eigenvalue weighted by Crippen LogP contribution is -1.96. The summed E-state index contributed by atoms with van der Waals surface area (Å²) in [5.41, 5.74) is 4.80. The lowest BCUT2D eigenvalue weighted by Gasteiger charge is -2.16. The van der Waals surface area contributed by atoms with Crippen LogP contribution in [0.2, 0.25) is 0 Å². The summed E-state index contributed by atoms with van der Waals surface area (Å²) in [4.78, 5) is 0. The van der Waals surface area contributed by atoms with Gasteiger partial charge in [-0.15, -0.1) is 0 Å². The van der Waals surface area contributed by atoms with Gasteiger partial charge in [-0.05, 0) is 106 Å². The van der Waals surface area contributed by atoms with Crippen molar-refractivity contribution in [1.82, 2.24) is 0 Å². The van der Waals surface area contributed by atoms with Crippen molar-refractivity contribution in [2.24, 2.45) is 0 Å². The molecule has 0 saturated carbocycles. The largest absolute Gasteiger partial charge is 0.506 e. The van der Waals surface area contributed by atoms with E-state index in [-0.39, 0.29) is 0 Å². The van der Waals surface area contributed by atoms with Crippen LogP contribution in [0.25, 0.3) is 11.1 Å². The molecule has 0 saturated heterocycles. The van der Waals surface area contributed by atoms with Gasteiger partial charge in [0.25, 0.3) is 0 Å². The van der Waals surface area contributed by atoms with E-state index in [0.29, 0.717) is 11.3 Å². The molecular weight excluding hydrogens is 706 g/mol. The van der Waals surface area contributed by atoms with Gasteiger partial charge < -0.3 is 5.11 Å². The molecule has 2 aliphatic rings. The fraction of sp³-hybridized carbons (Fsp3) is 0.0714. The van der Waals surface area contributed by atoms with Crippen molar-refractivity contribution in [2.75, 3.05) is 0 Å². The average Bonchev–Trinajstić information content (AvgIpc) is 2.69. The second-order valence-corrected chi connectivity index (χ2v) is 9.32. The molecule has 0 bridgehead atoms. The molecule has 20 heavy (non-hydrogen) atoms. The lowest BCUT2D eigenvalue weighted by molar-refractivity contribution is 0.467. The number of phenolic OH excluding ortho intramolecular Hbond substituents is 1. The summed E-state index contributed by atoms with van der Waals surface area (Å²) in [6, 6.07) is 4.25. The number of hydrogen-bond acceptors (Lipinski definition) is 2. The van der Waals surface area contributed by atoms with E-state index in [9.17, 15) is 10.4 Å². The number of halogens is 4. The summed E-state index contributed by atoms with van der Waals surface area (Å²) in [7, 11) is 0. The predicted molar refractivity (Wildman–Crippen MR) is 114 cm³/mol. The van der Waals surface area contributed by atoms with Crippen molar-refractivity contribution in [1.29, 1.82) is 5.26 Å². The molecule has 0 atom stereocenters. The monoisotopic (exact) mass is 711 g/mol. The summed E-state index contributed by atoms with van der Waals surface area (Å²) in [5, 5.41) is 19.7. The molecule has 3 rings (SSSR count). The van der Waals surface area contributed by atoms with Crippen LogP contribution in [0.3, 0.4) is 0 Å². The Bertz CT molecular complexity index is 796. The van der Waals surface area contributed by atoms with Gasteiger partial charge >= 0.3 is 0 Å². The first kappa shape index (κ1) is 15.5. The summed E-state index contributed by atoms with van der Waals surface area (Å²) in [6.45, 7) is 0. The number of aromatic hydroxyl groups is 1. The minimum absolute atomic E-state index is 0.310. The van der Waals surface area contributed by atoms with Crippen molar-refractivity contribution in [3.8, 4) is 11.8 Å². The first-order valence-electron chi connectivity index (χ1n) is 5.56. The van der Waals surface area contributed by atoms with Gasteiger partial charge in [0.05, 0.1) is 12.7 Å². The van der Waals surface area contributed by atoms with Crippen molar-refractivity contribution in [3.63, 3.8) is 0 Å². The van der Waals surface area contributed by atoms with Gasteiger partial charge in [-0.3, -0.25) is 0 Å². The van der Waals surface area contributed by atoms with Gasteiger partial charge in [0.2, 0.25) is 0 Å². The Labute approximate surface area is 171 Å². The number of rotatable bonds is 0. The van der Waals surface area contributed by atoms with E-state index in [4.69, 9.17) is 0 Å². The van der Waals surface area contributed by atoms with Crippen molar-refractivity contribution in [2.45, 2.75) is 6.42 Å². The number of allylic oxidation sites excluding steroid dienone is 6. The summed E-state index contributed by atoms with van der Waals surface area (Å²) >= 11 is 8.96. The average molecular weight is 711 g/mol. The first-order chi connectivity index (χ1) is 9.45. The molecular formula is C14H5I4NO. The number of phenols is 1. The molecule has 0 aliphatic heterocycles. The quantitative estimate of drug-likeness (QED) is 0.349. The Balaban J connectivity index is 2.45. The van der Waals surface area contributed by atoms with Crippen LogP contribution in [0, 0.1) is 18.5 Å². The summed E-state index contributed by atoms with van der Waals surface area (Å²) in [6.07, 6.45) is 3.00. The minimum atomic E-state index is 0.310. The Hall–Kier alpha value is 0.650. The van der Waals surface area contributed by atoms with Crippen LogP contribution in [-0.2, 0) is 0 Å². The van der Waals surface area contributed by atoms with E-state index in [1.54, 1.807) is 0 Å². The van der Waals surface area contributed by atoms with Gasteiger partial charge in [-0.1, -0.05) is 0 Å². The molecule has 0 radical (unpaired) electrons. The van der Waals surface area contributed by atoms with Crippen LogP contribution in [0.5, 0.6) is 5.75 Å². The minimum Gasteiger partial charge on any atom is -0.506 e. The van der Waals surface area contributed by atoms with E-state index >= 15 is 0 Å². The third kappa shape index (κ3) is 2.26. The summed E-state index contributed by atoms with van der Waals surface area (Å²) in [5.74, 6) is 0.310. The van der Waals surface area contributed by atoms with E-state index in [1.165, 1.54) is 7.16 Å².